The molecule has 2 bridgehead atoms. The molecule has 2 N–H and O–H groups in total. The van der Waals surface area contributed by atoms with Gasteiger partial charge in [0, 0.05) is 24.9 Å². The van der Waals surface area contributed by atoms with E-state index in [1.807, 2.05) is 11.8 Å². The average molecular weight is 484 g/mol. The molecule has 2 fully saturated rings. The normalized spacial score (nSPS) is 23.2. The average Bonchev–Trinajstić information content (AvgIpc) is 3.25. The highest BCUT2D eigenvalue weighted by molar-refractivity contribution is 5.85. The van der Waals surface area contributed by atoms with Crippen LogP contribution in [0.2, 0.25) is 0 Å². The standard InChI is InChI=1S/C22H27F3N4O5/c1-3-17-12(2)26-19(34-17)8-16(30)15-6-14(20-13-4-5-28(20)11-33-9-13)7-18(27-15)29(21(31)32)10-22(23,24)25/h6-7,13,16,20,30H,3-5,8-11H2,1-2H3,(H,31,32). The minimum Gasteiger partial charge on any atom is -0.465 e. The maximum Gasteiger partial charge on any atom is 0.413 e. The van der Waals surface area contributed by atoms with E-state index in [1.165, 1.54) is 6.07 Å². The van der Waals surface area contributed by atoms with E-state index in [1.54, 1.807) is 13.0 Å². The van der Waals surface area contributed by atoms with Gasteiger partial charge in [0.2, 0.25) is 0 Å². The summed E-state index contributed by atoms with van der Waals surface area (Å²) < 4.78 is 50.6. The van der Waals surface area contributed by atoms with Gasteiger partial charge in [-0.15, -0.1) is 0 Å². The van der Waals surface area contributed by atoms with Crippen molar-refractivity contribution in [3.63, 3.8) is 0 Å². The molecule has 0 radical (unpaired) electrons. The van der Waals surface area contributed by atoms with Crippen LogP contribution in [0.25, 0.3) is 0 Å². The molecule has 2 aromatic rings. The van der Waals surface area contributed by atoms with Gasteiger partial charge < -0.3 is 19.4 Å². The SMILES string of the molecule is CCc1oc(CC(O)c2cc(C3C4CCN3COC4)cc(N(CC(F)(F)F)C(=O)O)n2)nc1C. The molecule has 2 aromatic heterocycles. The number of nitrogens with zero attached hydrogens (tertiary/aromatic N) is 4. The lowest BCUT2D eigenvalue weighted by molar-refractivity contribution is -0.119. The number of rotatable bonds is 7. The van der Waals surface area contributed by atoms with Crippen LogP contribution in [0.4, 0.5) is 23.8 Å². The first-order chi connectivity index (χ1) is 16.1. The molecule has 2 aliphatic heterocycles. The van der Waals surface area contributed by atoms with Crippen molar-refractivity contribution in [1.82, 2.24) is 14.9 Å². The molecule has 12 heteroatoms. The molecule has 4 heterocycles. The van der Waals surface area contributed by atoms with Crippen molar-refractivity contribution in [3.05, 3.63) is 40.7 Å². The summed E-state index contributed by atoms with van der Waals surface area (Å²) in [6.07, 6.45) is -6.38. The number of halogens is 3. The van der Waals surface area contributed by atoms with Crippen LogP contribution in [-0.2, 0) is 17.6 Å². The third kappa shape index (κ3) is 5.18. The zero-order chi connectivity index (χ0) is 24.6. The summed E-state index contributed by atoms with van der Waals surface area (Å²) >= 11 is 0. The van der Waals surface area contributed by atoms with E-state index >= 15 is 0 Å². The van der Waals surface area contributed by atoms with Crippen LogP contribution in [0.1, 0.15) is 54.1 Å². The van der Waals surface area contributed by atoms with Crippen LogP contribution >= 0.6 is 0 Å². The second-order valence-corrected chi connectivity index (χ2v) is 8.66. The highest BCUT2D eigenvalue weighted by atomic mass is 19.4. The number of fused-ring (bicyclic) bond motifs is 2. The van der Waals surface area contributed by atoms with E-state index in [-0.39, 0.29) is 40.7 Å². The van der Waals surface area contributed by atoms with Gasteiger partial charge in [0.05, 0.1) is 31.1 Å². The number of amides is 1. The van der Waals surface area contributed by atoms with Crippen molar-refractivity contribution < 1.29 is 37.3 Å². The Labute approximate surface area is 194 Å². The smallest absolute Gasteiger partial charge is 0.413 e. The Kier molecular flexibility index (Phi) is 6.83. The molecule has 0 aromatic carbocycles. The number of pyridine rings is 1. The van der Waals surface area contributed by atoms with E-state index in [9.17, 15) is 28.2 Å². The first-order valence-corrected chi connectivity index (χ1v) is 11.1. The van der Waals surface area contributed by atoms with Crippen molar-refractivity contribution in [2.75, 3.05) is 31.3 Å². The van der Waals surface area contributed by atoms with Gasteiger partial charge >= 0.3 is 12.3 Å². The molecule has 4 unspecified atom stereocenters. The summed E-state index contributed by atoms with van der Waals surface area (Å²) in [6.45, 7) is 3.60. The molecule has 0 saturated carbocycles. The number of aromatic nitrogens is 2. The maximum atomic E-state index is 13.1. The Morgan fingerprint density at radius 1 is 1.35 bits per heavy atom. The van der Waals surface area contributed by atoms with Crippen LogP contribution in [0.5, 0.6) is 0 Å². The molecule has 34 heavy (non-hydrogen) atoms. The minimum atomic E-state index is -4.76. The third-order valence-electron chi connectivity index (χ3n) is 6.22. The van der Waals surface area contributed by atoms with Gasteiger partial charge in [-0.25, -0.2) is 14.8 Å². The fourth-order valence-corrected chi connectivity index (χ4v) is 4.69. The number of anilines is 1. The molecule has 1 amide bonds. The van der Waals surface area contributed by atoms with E-state index in [2.05, 4.69) is 9.97 Å². The second kappa shape index (κ2) is 9.51. The summed E-state index contributed by atoms with van der Waals surface area (Å²) in [4.78, 5) is 22.3. The Bertz CT molecular complexity index is 1030. The summed E-state index contributed by atoms with van der Waals surface area (Å²) in [6, 6.07) is 2.82. The fourth-order valence-electron chi connectivity index (χ4n) is 4.69. The molecule has 0 spiro atoms. The summed E-state index contributed by atoms with van der Waals surface area (Å²) in [5.74, 6) is 0.673. The Morgan fingerprint density at radius 2 is 2.12 bits per heavy atom. The highest BCUT2D eigenvalue weighted by Crippen LogP contribution is 2.41. The van der Waals surface area contributed by atoms with Crippen molar-refractivity contribution in [3.8, 4) is 0 Å². The number of aliphatic hydroxyl groups excluding tert-OH is 1. The van der Waals surface area contributed by atoms with Crippen LogP contribution in [-0.4, -0.2) is 63.8 Å². The summed E-state index contributed by atoms with van der Waals surface area (Å²) in [5.41, 5.74) is 1.35. The predicted molar refractivity (Wildman–Crippen MR) is 113 cm³/mol. The summed E-state index contributed by atoms with van der Waals surface area (Å²) in [7, 11) is 0. The van der Waals surface area contributed by atoms with Crippen LogP contribution < -0.4 is 4.90 Å². The van der Waals surface area contributed by atoms with Crippen molar-refractivity contribution in [2.45, 2.75) is 51.4 Å². The van der Waals surface area contributed by atoms with Gasteiger partial charge in [0.1, 0.15) is 24.2 Å². The number of carbonyl (C=O) groups is 1. The molecule has 0 aliphatic carbocycles. The first kappa shape index (κ1) is 24.4. The molecular formula is C22H27F3N4O5. The van der Waals surface area contributed by atoms with E-state index in [0.29, 0.717) is 36.8 Å². The quantitative estimate of drug-likeness (QED) is 0.613. The van der Waals surface area contributed by atoms with Gasteiger partial charge in [-0.1, -0.05) is 6.92 Å². The first-order valence-electron chi connectivity index (χ1n) is 11.1. The lowest BCUT2D eigenvalue weighted by Crippen LogP contribution is -2.39. The van der Waals surface area contributed by atoms with Gasteiger partial charge in [-0.2, -0.15) is 13.2 Å². The number of hydrogen-bond acceptors (Lipinski definition) is 7. The molecule has 4 atom stereocenters. The predicted octanol–water partition coefficient (Wildman–Crippen LogP) is 3.61. The number of hydrogen-bond donors (Lipinski definition) is 2. The number of carboxylic acid groups (broad SMARTS) is 1. The number of oxazole rings is 1. The minimum absolute atomic E-state index is 0.0516. The summed E-state index contributed by atoms with van der Waals surface area (Å²) in [5, 5.41) is 20.4. The highest BCUT2D eigenvalue weighted by Gasteiger charge is 2.40. The number of aliphatic hydroxyl groups is 1. The zero-order valence-electron chi connectivity index (χ0n) is 18.9. The Balaban J connectivity index is 1.72. The van der Waals surface area contributed by atoms with Crippen molar-refractivity contribution in [1.29, 1.82) is 0 Å². The largest absolute Gasteiger partial charge is 0.465 e. The number of alkyl halides is 3. The third-order valence-corrected chi connectivity index (χ3v) is 6.22. The topological polar surface area (TPSA) is 112 Å². The van der Waals surface area contributed by atoms with Gasteiger partial charge in [-0.3, -0.25) is 9.80 Å². The second-order valence-electron chi connectivity index (χ2n) is 8.66. The molecule has 4 rings (SSSR count). The molecule has 2 saturated heterocycles. The lowest BCUT2D eigenvalue weighted by atomic mass is 9.93. The van der Waals surface area contributed by atoms with Gasteiger partial charge in [0.15, 0.2) is 5.89 Å². The molecular weight excluding hydrogens is 457 g/mol. The number of aryl methyl sites for hydroxylation is 2. The lowest BCUT2D eigenvalue weighted by Gasteiger charge is -2.34. The molecule has 2 aliphatic rings. The van der Waals surface area contributed by atoms with E-state index < -0.39 is 24.9 Å². The molecule has 186 valence electrons. The van der Waals surface area contributed by atoms with Crippen molar-refractivity contribution >= 4 is 11.9 Å². The Morgan fingerprint density at radius 3 is 2.74 bits per heavy atom. The van der Waals surface area contributed by atoms with Crippen LogP contribution in [0, 0.1) is 12.8 Å². The molecule has 9 nitrogen and oxygen atoms in total. The number of ether oxygens (including phenoxy) is 1. The van der Waals surface area contributed by atoms with Gasteiger partial charge in [-0.05, 0) is 31.0 Å². The van der Waals surface area contributed by atoms with E-state index in [4.69, 9.17) is 9.15 Å². The Hall–Kier alpha value is -2.70. The fraction of sp³-hybridized carbons (Fsp3) is 0.591. The van der Waals surface area contributed by atoms with E-state index in [0.717, 1.165) is 13.0 Å². The van der Waals surface area contributed by atoms with Crippen molar-refractivity contribution in [2.24, 2.45) is 5.92 Å². The monoisotopic (exact) mass is 484 g/mol. The van der Waals surface area contributed by atoms with Crippen LogP contribution in [0.15, 0.2) is 16.5 Å². The zero-order valence-corrected chi connectivity index (χ0v) is 18.9. The van der Waals surface area contributed by atoms with Gasteiger partial charge in [0.25, 0.3) is 0 Å². The maximum absolute atomic E-state index is 13.1. The van der Waals surface area contributed by atoms with Crippen LogP contribution in [0.3, 0.4) is 0 Å².